The lowest BCUT2D eigenvalue weighted by molar-refractivity contribution is 0.103. The van der Waals surface area contributed by atoms with Gasteiger partial charge in [0.25, 0.3) is 0 Å². The van der Waals surface area contributed by atoms with Crippen molar-refractivity contribution in [3.8, 4) is 5.75 Å². The van der Waals surface area contributed by atoms with Crippen LogP contribution in [0.25, 0.3) is 0 Å². The molecule has 0 N–H and O–H groups in total. The summed E-state index contributed by atoms with van der Waals surface area (Å²) in [6, 6.07) is 7.26. The van der Waals surface area contributed by atoms with Gasteiger partial charge in [-0.1, -0.05) is 15.9 Å². The molecule has 100 valence electrons. The van der Waals surface area contributed by atoms with Crippen molar-refractivity contribution in [3.63, 3.8) is 0 Å². The maximum absolute atomic E-state index is 12.6. The predicted octanol–water partition coefficient (Wildman–Crippen LogP) is 5.67. The highest BCUT2D eigenvalue weighted by atomic mass is 79.9. The van der Waals surface area contributed by atoms with Gasteiger partial charge in [-0.15, -0.1) is 11.3 Å². The normalized spacial score (nSPS) is 10.5. The van der Waals surface area contributed by atoms with E-state index in [1.807, 2.05) is 19.1 Å². The van der Waals surface area contributed by atoms with Crippen molar-refractivity contribution in [3.05, 3.63) is 47.4 Å². The van der Waals surface area contributed by atoms with Crippen LogP contribution in [0.3, 0.4) is 0 Å². The number of ether oxygens (including phenoxy) is 1. The number of carbonyl (C=O) groups excluding carboxylic acids is 1. The van der Waals surface area contributed by atoms with Crippen molar-refractivity contribution in [2.24, 2.45) is 0 Å². The lowest BCUT2D eigenvalue weighted by atomic mass is 10.1. The Labute approximate surface area is 140 Å². The molecule has 0 unspecified atom stereocenters. The molecule has 0 spiro atoms. The molecule has 0 saturated carbocycles. The van der Waals surface area contributed by atoms with E-state index in [-0.39, 0.29) is 5.78 Å². The topological polar surface area (TPSA) is 26.3 Å². The molecule has 0 fully saturated rings. The fraction of sp³-hybridized carbons (Fsp3) is 0.154. The quantitative estimate of drug-likeness (QED) is 0.541. The fourth-order valence-electron chi connectivity index (χ4n) is 1.60. The highest BCUT2D eigenvalue weighted by Crippen LogP contribution is 2.35. The van der Waals surface area contributed by atoms with Crippen LogP contribution in [0.1, 0.15) is 22.8 Å². The van der Waals surface area contributed by atoms with Gasteiger partial charge in [-0.05, 0) is 63.0 Å². The van der Waals surface area contributed by atoms with Gasteiger partial charge >= 0.3 is 0 Å². The Bertz CT molecular complexity index is 622. The molecule has 0 amide bonds. The summed E-state index contributed by atoms with van der Waals surface area (Å²) in [5.41, 5.74) is 1.19. The van der Waals surface area contributed by atoms with Crippen LogP contribution >= 0.6 is 59.1 Å². The summed E-state index contributed by atoms with van der Waals surface area (Å²) in [5.74, 6) is 0.545. The molecule has 19 heavy (non-hydrogen) atoms. The first kappa shape index (κ1) is 15.2. The van der Waals surface area contributed by atoms with E-state index in [1.165, 1.54) is 11.3 Å². The molecule has 0 aliphatic rings. The molecule has 0 atom stereocenters. The van der Waals surface area contributed by atoms with E-state index < -0.39 is 0 Å². The maximum Gasteiger partial charge on any atom is 0.198 e. The summed E-state index contributed by atoms with van der Waals surface area (Å²) in [4.78, 5) is 12.6. The second-order valence-electron chi connectivity index (χ2n) is 3.64. The third kappa shape index (κ3) is 3.48. The molecule has 6 heteroatoms. The largest absolute Gasteiger partial charge is 0.493 e. The smallest absolute Gasteiger partial charge is 0.198 e. The van der Waals surface area contributed by atoms with E-state index in [0.29, 0.717) is 23.5 Å². The van der Waals surface area contributed by atoms with Crippen molar-refractivity contribution in [2.45, 2.75) is 6.92 Å². The SMILES string of the molecule is CCOc1ccc(Br)cc1C(=O)c1cc(Br)sc1Br. The Hall–Kier alpha value is -0.170. The third-order valence-electron chi connectivity index (χ3n) is 2.39. The van der Waals surface area contributed by atoms with Gasteiger partial charge in [0, 0.05) is 10.0 Å². The number of hydrogen-bond donors (Lipinski definition) is 0. The summed E-state index contributed by atoms with van der Waals surface area (Å²) in [7, 11) is 0. The van der Waals surface area contributed by atoms with Gasteiger partial charge in [0.05, 0.1) is 19.7 Å². The first-order valence-electron chi connectivity index (χ1n) is 5.44. The minimum Gasteiger partial charge on any atom is -0.493 e. The van der Waals surface area contributed by atoms with E-state index in [1.54, 1.807) is 12.1 Å². The highest BCUT2D eigenvalue weighted by Gasteiger charge is 2.19. The summed E-state index contributed by atoms with van der Waals surface area (Å²) in [5, 5.41) is 0. The zero-order valence-electron chi connectivity index (χ0n) is 9.88. The van der Waals surface area contributed by atoms with Crippen LogP contribution in [0.5, 0.6) is 5.75 Å². The highest BCUT2D eigenvalue weighted by molar-refractivity contribution is 9.12. The lowest BCUT2D eigenvalue weighted by Crippen LogP contribution is -2.05. The zero-order chi connectivity index (χ0) is 14.0. The molecular formula is C13H9Br3O2S. The van der Waals surface area contributed by atoms with Gasteiger partial charge in [0.1, 0.15) is 5.75 Å². The fourth-order valence-corrected chi connectivity index (χ4v) is 4.76. The first-order valence-corrected chi connectivity index (χ1v) is 8.64. The molecule has 1 aromatic carbocycles. The number of carbonyl (C=O) groups is 1. The number of ketones is 1. The molecule has 2 rings (SSSR count). The van der Waals surface area contributed by atoms with E-state index in [0.717, 1.165) is 12.0 Å². The lowest BCUT2D eigenvalue weighted by Gasteiger charge is -2.09. The third-order valence-corrected chi connectivity index (χ3v) is 5.22. The Morgan fingerprint density at radius 2 is 1.95 bits per heavy atom. The van der Waals surface area contributed by atoms with Gasteiger partial charge in [0.2, 0.25) is 0 Å². The monoisotopic (exact) mass is 466 g/mol. The second-order valence-corrected chi connectivity index (χ2v) is 8.31. The molecule has 0 radical (unpaired) electrons. The van der Waals surface area contributed by atoms with Crippen LogP contribution in [-0.2, 0) is 0 Å². The van der Waals surface area contributed by atoms with E-state index >= 15 is 0 Å². The summed E-state index contributed by atoms with van der Waals surface area (Å²) in [6.07, 6.45) is 0. The molecule has 2 nitrogen and oxygen atoms in total. The summed E-state index contributed by atoms with van der Waals surface area (Å²) < 4.78 is 8.09. The van der Waals surface area contributed by atoms with Crippen molar-refractivity contribution in [1.82, 2.24) is 0 Å². The van der Waals surface area contributed by atoms with Crippen LogP contribution in [-0.4, -0.2) is 12.4 Å². The molecule has 0 saturated heterocycles. The average Bonchev–Trinajstić information content (AvgIpc) is 2.70. The van der Waals surface area contributed by atoms with Crippen molar-refractivity contribution in [2.75, 3.05) is 6.61 Å². The average molecular weight is 469 g/mol. The van der Waals surface area contributed by atoms with Crippen LogP contribution in [0.4, 0.5) is 0 Å². The maximum atomic E-state index is 12.6. The Kier molecular flexibility index (Phi) is 5.22. The van der Waals surface area contributed by atoms with E-state index in [9.17, 15) is 4.79 Å². The van der Waals surface area contributed by atoms with Crippen LogP contribution < -0.4 is 4.74 Å². The Balaban J connectivity index is 2.48. The number of hydrogen-bond acceptors (Lipinski definition) is 3. The zero-order valence-corrected chi connectivity index (χ0v) is 15.4. The number of rotatable bonds is 4. The minimum absolute atomic E-state index is 0.0569. The van der Waals surface area contributed by atoms with Crippen LogP contribution in [0.2, 0.25) is 0 Å². The van der Waals surface area contributed by atoms with Gasteiger partial charge in [0.15, 0.2) is 5.78 Å². The molecule has 2 aromatic rings. The molecule has 0 aliphatic heterocycles. The van der Waals surface area contributed by atoms with Gasteiger partial charge in [-0.3, -0.25) is 4.79 Å². The molecule has 0 aliphatic carbocycles. The van der Waals surface area contributed by atoms with Crippen molar-refractivity contribution >= 4 is 64.9 Å². The second kappa shape index (κ2) is 6.52. The first-order chi connectivity index (χ1) is 9.02. The van der Waals surface area contributed by atoms with Crippen molar-refractivity contribution in [1.29, 1.82) is 0 Å². The Morgan fingerprint density at radius 3 is 2.53 bits per heavy atom. The van der Waals surface area contributed by atoms with Crippen LogP contribution in [0, 0.1) is 0 Å². The molecule has 1 aromatic heterocycles. The summed E-state index contributed by atoms with van der Waals surface area (Å²) >= 11 is 11.7. The summed E-state index contributed by atoms with van der Waals surface area (Å²) in [6.45, 7) is 2.42. The van der Waals surface area contributed by atoms with Gasteiger partial charge < -0.3 is 4.74 Å². The van der Waals surface area contributed by atoms with E-state index in [4.69, 9.17) is 4.74 Å². The van der Waals surface area contributed by atoms with E-state index in [2.05, 4.69) is 47.8 Å². The molecule has 1 heterocycles. The van der Waals surface area contributed by atoms with Gasteiger partial charge in [-0.25, -0.2) is 0 Å². The molecular weight excluding hydrogens is 460 g/mol. The van der Waals surface area contributed by atoms with Crippen LogP contribution in [0.15, 0.2) is 36.3 Å². The minimum atomic E-state index is -0.0569. The molecule has 0 bridgehead atoms. The Morgan fingerprint density at radius 1 is 1.21 bits per heavy atom. The number of halogens is 3. The van der Waals surface area contributed by atoms with Crippen molar-refractivity contribution < 1.29 is 9.53 Å². The standard InChI is InChI=1S/C13H9Br3O2S/c1-2-18-10-4-3-7(14)5-8(10)12(17)9-6-11(15)19-13(9)16/h3-6H,2H2,1H3. The number of thiophene rings is 1. The number of benzene rings is 1. The van der Waals surface area contributed by atoms with Gasteiger partial charge in [-0.2, -0.15) is 0 Å². The predicted molar refractivity (Wildman–Crippen MR) is 88.5 cm³/mol.